The number of carbonyl (C=O) groups excluding carboxylic acids is 2. The summed E-state index contributed by atoms with van der Waals surface area (Å²) in [7, 11) is 0. The molecule has 0 saturated heterocycles. The minimum absolute atomic E-state index is 0.0179. The highest BCUT2D eigenvalue weighted by atomic mass is 16.5. The Morgan fingerprint density at radius 2 is 1.93 bits per heavy atom. The van der Waals surface area contributed by atoms with Gasteiger partial charge in [0.1, 0.15) is 12.2 Å². The van der Waals surface area contributed by atoms with Gasteiger partial charge in [-0.15, -0.1) is 0 Å². The summed E-state index contributed by atoms with van der Waals surface area (Å²) in [6.45, 7) is 9.84. The van der Waals surface area contributed by atoms with Crippen LogP contribution in [0.3, 0.4) is 0 Å². The van der Waals surface area contributed by atoms with Gasteiger partial charge in [0.2, 0.25) is 5.91 Å². The summed E-state index contributed by atoms with van der Waals surface area (Å²) in [4.78, 5) is 35.2. The lowest BCUT2D eigenvalue weighted by Crippen LogP contribution is -2.47. The van der Waals surface area contributed by atoms with Crippen LogP contribution in [0.4, 0.5) is 0 Å². The third kappa shape index (κ3) is 13.3. The molecule has 1 saturated carbocycles. The summed E-state index contributed by atoms with van der Waals surface area (Å²) < 4.78 is 12.8. The number of H-pyrrole nitrogens is 1. The lowest BCUT2D eigenvalue weighted by atomic mass is 9.92. The lowest BCUT2D eigenvalue weighted by molar-refractivity contribution is -0.124. The molecule has 230 valence electrons. The van der Waals surface area contributed by atoms with Crippen LogP contribution in [0, 0.1) is 0 Å². The number of hydrogen-bond acceptors (Lipinski definition) is 5. The summed E-state index contributed by atoms with van der Waals surface area (Å²) in [5.41, 5.74) is 6.97. The number of nitrogens with two attached hydrogens (primary N) is 1. The number of benzene rings is 1. The predicted molar refractivity (Wildman–Crippen MR) is 167 cm³/mol. The Balaban J connectivity index is 0.000000351. The molecule has 0 bridgehead atoms. The fourth-order valence-corrected chi connectivity index (χ4v) is 4.61. The third-order valence-electron chi connectivity index (χ3n) is 6.89. The molecule has 0 spiro atoms. The predicted octanol–water partition coefficient (Wildman–Crippen LogP) is 5.19. The minimum Gasteiger partial charge on any atom is -0.377 e. The SMILES string of the molecule is C=C/C(=C\C=C/C)COCCCCCC.NC(=O)c1cc(=O)[nH]n1CC(=O)N[C@H]1CCCC[C@@H]1OCc1ccccc1. The van der Waals surface area contributed by atoms with E-state index in [1.54, 1.807) is 0 Å². The maximum Gasteiger partial charge on any atom is 0.267 e. The number of unbranched alkanes of at least 4 members (excludes halogenated alkanes) is 3. The van der Waals surface area contributed by atoms with E-state index in [0.29, 0.717) is 13.2 Å². The van der Waals surface area contributed by atoms with Gasteiger partial charge in [-0.2, -0.15) is 0 Å². The summed E-state index contributed by atoms with van der Waals surface area (Å²) in [6, 6.07) is 10.9. The van der Waals surface area contributed by atoms with Crippen LogP contribution < -0.4 is 16.6 Å². The van der Waals surface area contributed by atoms with E-state index in [9.17, 15) is 14.4 Å². The van der Waals surface area contributed by atoms with Crippen molar-refractivity contribution in [2.24, 2.45) is 5.73 Å². The van der Waals surface area contributed by atoms with E-state index in [-0.39, 0.29) is 30.3 Å². The maximum atomic E-state index is 12.4. The second-order valence-corrected chi connectivity index (χ2v) is 10.3. The molecule has 9 nitrogen and oxygen atoms in total. The number of aromatic nitrogens is 2. The molecular formula is C33H48N4O5. The Labute approximate surface area is 249 Å². The van der Waals surface area contributed by atoms with Crippen LogP contribution in [0.25, 0.3) is 0 Å². The molecule has 2 atom stereocenters. The Hall–Kier alpha value is -3.69. The van der Waals surface area contributed by atoms with Gasteiger partial charge in [0.25, 0.3) is 11.5 Å². The van der Waals surface area contributed by atoms with Crippen molar-refractivity contribution in [2.75, 3.05) is 13.2 Å². The van der Waals surface area contributed by atoms with E-state index in [1.165, 1.54) is 30.4 Å². The van der Waals surface area contributed by atoms with Crippen molar-refractivity contribution >= 4 is 11.8 Å². The van der Waals surface area contributed by atoms with Crippen LogP contribution in [-0.4, -0.2) is 47.0 Å². The first-order valence-electron chi connectivity index (χ1n) is 14.9. The van der Waals surface area contributed by atoms with E-state index in [0.717, 1.165) is 49.5 Å². The molecule has 2 aromatic rings. The van der Waals surface area contributed by atoms with E-state index in [4.69, 9.17) is 15.2 Å². The Kier molecular flexibility index (Phi) is 16.6. The average molecular weight is 581 g/mol. The number of nitrogens with zero attached hydrogens (tertiary/aromatic N) is 1. The smallest absolute Gasteiger partial charge is 0.267 e. The number of amides is 2. The zero-order valence-corrected chi connectivity index (χ0v) is 25.2. The molecule has 2 amide bonds. The van der Waals surface area contributed by atoms with Gasteiger partial charge in [0.15, 0.2) is 0 Å². The van der Waals surface area contributed by atoms with Crippen molar-refractivity contribution < 1.29 is 19.1 Å². The molecule has 0 aliphatic heterocycles. The van der Waals surface area contributed by atoms with Crippen LogP contribution in [0.2, 0.25) is 0 Å². The van der Waals surface area contributed by atoms with Crippen molar-refractivity contribution in [3.63, 3.8) is 0 Å². The first-order chi connectivity index (χ1) is 20.4. The molecule has 1 aliphatic carbocycles. The standard InChI is InChI=1S/C19H24N4O4.C14H24O/c20-19(26)15-10-17(24)22-23(15)11-18(25)21-14-8-4-5-9-16(14)27-12-13-6-2-1-3-7-13;1-4-7-9-10-12-15-13-14(6-3)11-8-5-2/h1-3,6-7,10,14,16H,4-5,8-9,11-12H2,(H2,20,26)(H,21,25)(H,22,24);5-6,8,11H,3-4,7,9-10,12-13H2,1-2H3/b;8-5-,14-11+/t14-,16-;/m0./s1. The quantitative estimate of drug-likeness (QED) is 0.186. The largest absolute Gasteiger partial charge is 0.377 e. The highest BCUT2D eigenvalue weighted by Gasteiger charge is 2.27. The average Bonchev–Trinajstić information content (AvgIpc) is 3.36. The molecule has 9 heteroatoms. The van der Waals surface area contributed by atoms with E-state index >= 15 is 0 Å². The second-order valence-electron chi connectivity index (χ2n) is 10.3. The highest BCUT2D eigenvalue weighted by Crippen LogP contribution is 2.22. The number of rotatable bonds is 16. The summed E-state index contributed by atoms with van der Waals surface area (Å²) in [6.07, 6.45) is 16.7. The highest BCUT2D eigenvalue weighted by molar-refractivity contribution is 5.91. The van der Waals surface area contributed by atoms with Gasteiger partial charge < -0.3 is 20.5 Å². The number of nitrogens with one attached hydrogen (secondary N) is 2. The van der Waals surface area contributed by atoms with Crippen LogP contribution in [0.1, 0.15) is 81.3 Å². The number of aromatic amines is 1. The second kappa shape index (κ2) is 20.2. The number of carbonyl (C=O) groups is 2. The molecule has 1 aromatic carbocycles. The van der Waals surface area contributed by atoms with Gasteiger partial charge in [0, 0.05) is 12.7 Å². The number of ether oxygens (including phenoxy) is 2. The number of allylic oxidation sites excluding steroid dienone is 3. The van der Waals surface area contributed by atoms with Gasteiger partial charge >= 0.3 is 0 Å². The van der Waals surface area contributed by atoms with Crippen LogP contribution in [0.15, 0.2) is 77.6 Å². The summed E-state index contributed by atoms with van der Waals surface area (Å²) in [5.74, 6) is -1.06. The topological polar surface area (TPSA) is 128 Å². The monoisotopic (exact) mass is 580 g/mol. The molecule has 1 fully saturated rings. The van der Waals surface area contributed by atoms with Crippen molar-refractivity contribution in [1.82, 2.24) is 15.1 Å². The molecule has 3 rings (SSSR count). The molecule has 42 heavy (non-hydrogen) atoms. The summed E-state index contributed by atoms with van der Waals surface area (Å²) in [5, 5.41) is 5.39. The molecular weight excluding hydrogens is 532 g/mol. The first-order valence-corrected chi connectivity index (χ1v) is 14.9. The minimum atomic E-state index is -0.761. The molecule has 4 N–H and O–H groups in total. The van der Waals surface area contributed by atoms with Crippen LogP contribution in [0.5, 0.6) is 0 Å². The van der Waals surface area contributed by atoms with Gasteiger partial charge in [-0.25, -0.2) is 0 Å². The fraction of sp³-hybridized carbons (Fsp3) is 0.485. The Bertz CT molecular complexity index is 1200. The van der Waals surface area contributed by atoms with Crippen molar-refractivity contribution in [3.8, 4) is 0 Å². The van der Waals surface area contributed by atoms with Crippen molar-refractivity contribution in [3.05, 3.63) is 94.5 Å². The molecule has 1 aliphatic rings. The number of hydrogen-bond donors (Lipinski definition) is 3. The Morgan fingerprint density at radius 1 is 1.17 bits per heavy atom. The molecule has 1 aromatic heterocycles. The lowest BCUT2D eigenvalue weighted by Gasteiger charge is -2.32. The van der Waals surface area contributed by atoms with E-state index < -0.39 is 11.5 Å². The zero-order valence-electron chi connectivity index (χ0n) is 25.2. The van der Waals surface area contributed by atoms with Crippen LogP contribution >= 0.6 is 0 Å². The van der Waals surface area contributed by atoms with Gasteiger partial charge in [-0.1, -0.05) is 100 Å². The van der Waals surface area contributed by atoms with E-state index in [1.807, 2.05) is 61.6 Å². The number of primary amides is 1. The van der Waals surface area contributed by atoms with Crippen LogP contribution in [-0.2, 0) is 27.4 Å². The van der Waals surface area contributed by atoms with Gasteiger partial charge in [-0.05, 0) is 37.3 Å². The molecule has 1 heterocycles. The first kappa shape index (κ1) is 34.5. The molecule has 0 radical (unpaired) electrons. The van der Waals surface area contributed by atoms with E-state index in [2.05, 4.69) is 23.9 Å². The van der Waals surface area contributed by atoms with Crippen molar-refractivity contribution in [1.29, 1.82) is 0 Å². The van der Waals surface area contributed by atoms with Gasteiger partial charge in [0.05, 0.1) is 25.4 Å². The zero-order chi connectivity index (χ0) is 30.6. The summed E-state index contributed by atoms with van der Waals surface area (Å²) >= 11 is 0. The van der Waals surface area contributed by atoms with Gasteiger partial charge in [-0.3, -0.25) is 24.2 Å². The maximum absolute atomic E-state index is 12.4. The third-order valence-corrected chi connectivity index (χ3v) is 6.89. The van der Waals surface area contributed by atoms with Crippen molar-refractivity contribution in [2.45, 2.75) is 90.5 Å². The normalized spacial score (nSPS) is 17.0. The Morgan fingerprint density at radius 3 is 2.62 bits per heavy atom. The fourth-order valence-electron chi connectivity index (χ4n) is 4.61. The molecule has 0 unspecified atom stereocenters.